The van der Waals surface area contributed by atoms with E-state index in [1.807, 2.05) is 24.3 Å². The molecule has 1 amide bonds. The lowest BCUT2D eigenvalue weighted by molar-refractivity contribution is 0.0696. The quantitative estimate of drug-likeness (QED) is 0.674. The summed E-state index contributed by atoms with van der Waals surface area (Å²) >= 11 is 0. The van der Waals surface area contributed by atoms with E-state index >= 15 is 0 Å². The Morgan fingerprint density at radius 3 is 2.26 bits per heavy atom. The maximum atomic E-state index is 13.0. The van der Waals surface area contributed by atoms with Gasteiger partial charge in [0.25, 0.3) is 0 Å². The molecular formula is C25H21NO5. The number of hydrogen-bond donors (Lipinski definition) is 2. The maximum Gasteiger partial charge on any atom is 0.414 e. The van der Waals surface area contributed by atoms with Crippen LogP contribution in [0.15, 0.2) is 66.7 Å². The number of carboxylic acids is 1. The first-order chi connectivity index (χ1) is 15.0. The Bertz CT molecular complexity index is 1140. The minimum absolute atomic E-state index is 0.0556. The lowest BCUT2D eigenvalue weighted by atomic mass is 9.97. The van der Waals surface area contributed by atoms with Gasteiger partial charge in [-0.25, -0.2) is 9.59 Å². The van der Waals surface area contributed by atoms with E-state index in [1.165, 1.54) is 17.0 Å². The highest BCUT2D eigenvalue weighted by Gasteiger charge is 2.32. The predicted molar refractivity (Wildman–Crippen MR) is 116 cm³/mol. The minimum atomic E-state index is -1.05. The second-order valence-electron chi connectivity index (χ2n) is 7.92. The van der Waals surface area contributed by atoms with Crippen LogP contribution in [0, 0.1) is 0 Å². The van der Waals surface area contributed by atoms with Gasteiger partial charge >= 0.3 is 12.1 Å². The number of aliphatic hydroxyl groups excluding tert-OH is 1. The fourth-order valence-electron chi connectivity index (χ4n) is 4.62. The second-order valence-corrected chi connectivity index (χ2v) is 7.92. The van der Waals surface area contributed by atoms with Crippen molar-refractivity contribution in [2.24, 2.45) is 0 Å². The van der Waals surface area contributed by atoms with Crippen LogP contribution in [-0.4, -0.2) is 41.5 Å². The van der Waals surface area contributed by atoms with Crippen LogP contribution in [0.1, 0.15) is 33.0 Å². The van der Waals surface area contributed by atoms with Crippen LogP contribution in [0.5, 0.6) is 0 Å². The molecule has 0 saturated carbocycles. The lowest BCUT2D eigenvalue weighted by Crippen LogP contribution is -2.43. The normalized spacial score (nSPS) is 16.9. The Hall–Kier alpha value is -3.64. The SMILES string of the molecule is O=C(O)c1ccc2c(c1)CC(O)CN2C(=O)OCC1c2ccccc2-c2ccccc21. The third-order valence-corrected chi connectivity index (χ3v) is 6.02. The van der Waals surface area contributed by atoms with E-state index in [2.05, 4.69) is 24.3 Å². The third-order valence-electron chi connectivity index (χ3n) is 6.02. The number of ether oxygens (including phenoxy) is 1. The van der Waals surface area contributed by atoms with Gasteiger partial charge in [-0.3, -0.25) is 4.90 Å². The lowest BCUT2D eigenvalue weighted by Gasteiger charge is -2.32. The summed E-state index contributed by atoms with van der Waals surface area (Å²) in [4.78, 5) is 25.6. The van der Waals surface area contributed by atoms with Gasteiger partial charge in [0.05, 0.1) is 23.9 Å². The molecule has 3 aromatic carbocycles. The molecule has 156 valence electrons. The molecule has 6 nitrogen and oxygen atoms in total. The zero-order chi connectivity index (χ0) is 21.5. The summed E-state index contributed by atoms with van der Waals surface area (Å²) in [5, 5.41) is 19.5. The first kappa shape index (κ1) is 19.3. The van der Waals surface area contributed by atoms with Crippen LogP contribution in [0.25, 0.3) is 11.1 Å². The molecule has 1 aliphatic heterocycles. The van der Waals surface area contributed by atoms with Gasteiger partial charge in [-0.15, -0.1) is 0 Å². The number of fused-ring (bicyclic) bond motifs is 4. The predicted octanol–water partition coefficient (Wildman–Crippen LogP) is 4.06. The first-order valence-corrected chi connectivity index (χ1v) is 10.2. The summed E-state index contributed by atoms with van der Waals surface area (Å²) < 4.78 is 5.72. The van der Waals surface area contributed by atoms with Crippen molar-refractivity contribution in [3.8, 4) is 11.1 Å². The van der Waals surface area contributed by atoms with Crippen LogP contribution in [0.2, 0.25) is 0 Å². The molecule has 5 rings (SSSR count). The van der Waals surface area contributed by atoms with Gasteiger partial charge in [0, 0.05) is 12.3 Å². The fourth-order valence-corrected chi connectivity index (χ4v) is 4.62. The zero-order valence-corrected chi connectivity index (χ0v) is 16.7. The highest BCUT2D eigenvalue weighted by atomic mass is 16.6. The van der Waals surface area contributed by atoms with E-state index in [4.69, 9.17) is 4.74 Å². The highest BCUT2D eigenvalue weighted by Crippen LogP contribution is 2.44. The molecule has 0 fully saturated rings. The van der Waals surface area contributed by atoms with E-state index in [9.17, 15) is 19.8 Å². The van der Waals surface area contributed by atoms with E-state index in [0.29, 0.717) is 17.7 Å². The number of anilines is 1. The first-order valence-electron chi connectivity index (χ1n) is 10.2. The summed E-state index contributed by atoms with van der Waals surface area (Å²) in [6.45, 7) is 0.290. The van der Waals surface area contributed by atoms with E-state index in [1.54, 1.807) is 6.07 Å². The van der Waals surface area contributed by atoms with Gasteiger partial charge in [0.15, 0.2) is 0 Å². The number of aliphatic hydroxyl groups is 1. The standard InChI is InChI=1S/C25H21NO5/c27-17-12-16-11-15(24(28)29)9-10-23(16)26(13-17)25(30)31-14-22-20-7-3-1-5-18(20)19-6-2-4-8-21(19)22/h1-11,17,22,27H,12-14H2,(H,28,29). The average molecular weight is 415 g/mol. The zero-order valence-electron chi connectivity index (χ0n) is 16.7. The smallest absolute Gasteiger partial charge is 0.414 e. The number of carboxylic acid groups (broad SMARTS) is 1. The molecule has 0 bridgehead atoms. The Kier molecular flexibility index (Phi) is 4.71. The van der Waals surface area contributed by atoms with Crippen molar-refractivity contribution < 1.29 is 24.5 Å². The molecule has 2 N–H and O–H groups in total. The minimum Gasteiger partial charge on any atom is -0.478 e. The molecule has 1 aliphatic carbocycles. The fraction of sp³-hybridized carbons (Fsp3) is 0.200. The van der Waals surface area contributed by atoms with Crippen LogP contribution >= 0.6 is 0 Å². The molecule has 0 saturated heterocycles. The van der Waals surface area contributed by atoms with E-state index in [0.717, 1.165) is 22.3 Å². The van der Waals surface area contributed by atoms with Crippen molar-refractivity contribution in [1.29, 1.82) is 0 Å². The molecule has 2 aliphatic rings. The summed E-state index contributed by atoms with van der Waals surface area (Å²) in [5.74, 6) is -1.10. The number of hydrogen-bond acceptors (Lipinski definition) is 4. The number of rotatable bonds is 3. The molecule has 1 atom stereocenters. The van der Waals surface area contributed by atoms with Gasteiger partial charge in [-0.05, 0) is 46.0 Å². The molecule has 0 spiro atoms. The number of nitrogens with zero attached hydrogens (tertiary/aromatic N) is 1. The van der Waals surface area contributed by atoms with Crippen molar-refractivity contribution in [2.45, 2.75) is 18.4 Å². The number of aromatic carboxylic acids is 1. The number of benzene rings is 3. The Labute approximate surface area is 179 Å². The molecule has 0 radical (unpaired) electrons. The van der Waals surface area contributed by atoms with Crippen molar-refractivity contribution in [2.75, 3.05) is 18.1 Å². The number of carbonyl (C=O) groups is 2. The molecule has 1 unspecified atom stereocenters. The Balaban J connectivity index is 1.39. The summed E-state index contributed by atoms with van der Waals surface area (Å²) in [6.07, 6.45) is -1.04. The van der Waals surface area contributed by atoms with Crippen LogP contribution < -0.4 is 4.90 Å². The van der Waals surface area contributed by atoms with Crippen LogP contribution in [0.3, 0.4) is 0 Å². The van der Waals surface area contributed by atoms with Crippen molar-refractivity contribution in [1.82, 2.24) is 0 Å². The summed E-state index contributed by atoms with van der Waals surface area (Å²) in [6, 6.07) is 20.8. The average Bonchev–Trinajstić information content (AvgIpc) is 3.10. The van der Waals surface area contributed by atoms with Gasteiger partial charge < -0.3 is 14.9 Å². The monoisotopic (exact) mass is 415 g/mol. The molecule has 6 heteroatoms. The van der Waals surface area contributed by atoms with Gasteiger partial charge in [-0.2, -0.15) is 0 Å². The van der Waals surface area contributed by atoms with Crippen LogP contribution in [-0.2, 0) is 11.2 Å². The van der Waals surface area contributed by atoms with Gasteiger partial charge in [-0.1, -0.05) is 48.5 Å². The Morgan fingerprint density at radius 1 is 0.968 bits per heavy atom. The van der Waals surface area contributed by atoms with Crippen molar-refractivity contribution in [3.05, 3.63) is 89.0 Å². The molecule has 0 aromatic heterocycles. The molecule has 1 heterocycles. The van der Waals surface area contributed by atoms with Crippen molar-refractivity contribution in [3.63, 3.8) is 0 Å². The Morgan fingerprint density at radius 2 is 1.61 bits per heavy atom. The maximum absolute atomic E-state index is 13.0. The molecule has 31 heavy (non-hydrogen) atoms. The largest absolute Gasteiger partial charge is 0.478 e. The van der Waals surface area contributed by atoms with Crippen molar-refractivity contribution >= 4 is 17.7 Å². The highest BCUT2D eigenvalue weighted by molar-refractivity contribution is 5.93. The van der Waals surface area contributed by atoms with Gasteiger partial charge in [0.1, 0.15) is 6.61 Å². The third kappa shape index (κ3) is 3.35. The molecule has 3 aromatic rings. The summed E-state index contributed by atoms with van der Waals surface area (Å²) in [7, 11) is 0. The van der Waals surface area contributed by atoms with Gasteiger partial charge in [0.2, 0.25) is 0 Å². The second kappa shape index (κ2) is 7.56. The number of β-amino-alcohol motifs (C(OH)–C–C–N with tert-alkyl or cyclic N) is 1. The number of carbonyl (C=O) groups excluding carboxylic acids is 1. The van der Waals surface area contributed by atoms with E-state index < -0.39 is 18.2 Å². The van der Waals surface area contributed by atoms with Crippen LogP contribution in [0.4, 0.5) is 10.5 Å². The topological polar surface area (TPSA) is 87.1 Å². The van der Waals surface area contributed by atoms with E-state index in [-0.39, 0.29) is 24.6 Å². The summed E-state index contributed by atoms with van der Waals surface area (Å²) in [5.41, 5.74) is 5.88. The number of amides is 1. The molecular weight excluding hydrogens is 394 g/mol.